The Morgan fingerprint density at radius 3 is 2.58 bits per heavy atom. The van der Waals surface area contributed by atoms with E-state index in [0.29, 0.717) is 16.8 Å². The van der Waals surface area contributed by atoms with Crippen LogP contribution in [-0.2, 0) is 4.79 Å². The summed E-state index contributed by atoms with van der Waals surface area (Å²) in [7, 11) is 0. The molecule has 5 rings (SSSR count). The summed E-state index contributed by atoms with van der Waals surface area (Å²) in [5.41, 5.74) is 2.99. The number of amides is 2. The Morgan fingerprint density at radius 2 is 1.79 bits per heavy atom. The second-order valence-corrected chi connectivity index (χ2v) is 8.39. The molecule has 33 heavy (non-hydrogen) atoms. The van der Waals surface area contributed by atoms with Gasteiger partial charge < -0.3 is 25.3 Å². The van der Waals surface area contributed by atoms with E-state index in [9.17, 15) is 19.5 Å². The number of aromatic amines is 2. The molecule has 2 amide bonds. The zero-order chi connectivity index (χ0) is 22.9. The van der Waals surface area contributed by atoms with Crippen LogP contribution in [0.4, 0.5) is 0 Å². The summed E-state index contributed by atoms with van der Waals surface area (Å²) in [6.07, 6.45) is 0.0714. The molecule has 1 aliphatic rings. The highest BCUT2D eigenvalue weighted by molar-refractivity contribution is 5.99. The Morgan fingerprint density at radius 1 is 1.00 bits per heavy atom. The molecule has 0 spiro atoms. The van der Waals surface area contributed by atoms with Gasteiger partial charge in [-0.25, -0.2) is 0 Å². The highest BCUT2D eigenvalue weighted by Crippen LogP contribution is 2.24. The lowest BCUT2D eigenvalue weighted by atomic mass is 10.1. The summed E-state index contributed by atoms with van der Waals surface area (Å²) in [6, 6.07) is 16.5. The van der Waals surface area contributed by atoms with Gasteiger partial charge in [-0.05, 0) is 48.2 Å². The van der Waals surface area contributed by atoms with Crippen LogP contribution in [0.15, 0.2) is 59.4 Å². The minimum Gasteiger partial charge on any atom is -0.391 e. The first-order valence-electron chi connectivity index (χ1n) is 11.0. The Balaban J connectivity index is 1.31. The molecule has 0 radical (unpaired) electrons. The fraction of sp³-hybridized carbons (Fsp3) is 0.240. The maximum absolute atomic E-state index is 12.6. The third-order valence-electron chi connectivity index (χ3n) is 6.04. The van der Waals surface area contributed by atoms with E-state index in [1.54, 1.807) is 23.1 Å². The zero-order valence-electron chi connectivity index (χ0n) is 17.9. The number of aliphatic hydroxyl groups is 1. The molecule has 168 valence electrons. The first-order valence-corrected chi connectivity index (χ1v) is 11.0. The van der Waals surface area contributed by atoms with E-state index < -0.39 is 6.10 Å². The van der Waals surface area contributed by atoms with Crippen LogP contribution in [0.3, 0.4) is 0 Å². The average Bonchev–Trinajstić information content (AvgIpc) is 3.18. The number of H-pyrrole nitrogens is 2. The molecule has 2 aromatic carbocycles. The smallest absolute Gasteiger partial charge is 0.257 e. The second-order valence-electron chi connectivity index (χ2n) is 8.39. The highest BCUT2D eigenvalue weighted by atomic mass is 16.3. The molecule has 1 aliphatic heterocycles. The maximum atomic E-state index is 12.6. The van der Waals surface area contributed by atoms with Crippen LogP contribution in [0.2, 0.25) is 0 Å². The lowest BCUT2D eigenvalue weighted by Crippen LogP contribution is -2.44. The maximum Gasteiger partial charge on any atom is 0.257 e. The minimum atomic E-state index is -0.927. The van der Waals surface area contributed by atoms with Crippen LogP contribution in [0, 0.1) is 0 Å². The number of aromatic nitrogens is 2. The van der Waals surface area contributed by atoms with E-state index in [1.165, 1.54) is 0 Å². The zero-order valence-corrected chi connectivity index (χ0v) is 17.9. The number of hydrogen-bond acceptors (Lipinski definition) is 4. The van der Waals surface area contributed by atoms with E-state index in [2.05, 4.69) is 15.3 Å². The molecule has 1 saturated heterocycles. The first kappa shape index (κ1) is 21.0. The molecule has 1 fully saturated rings. The van der Waals surface area contributed by atoms with Gasteiger partial charge in [0.2, 0.25) is 5.91 Å². The molecule has 8 nitrogen and oxygen atoms in total. The lowest BCUT2D eigenvalue weighted by Gasteiger charge is -2.31. The summed E-state index contributed by atoms with van der Waals surface area (Å²) >= 11 is 0. The Hall–Kier alpha value is -3.91. The number of likely N-dealkylation sites (tertiary alicyclic amines) is 1. The Bertz CT molecular complexity index is 1420. The summed E-state index contributed by atoms with van der Waals surface area (Å²) in [5.74, 6) is -0.424. The predicted molar refractivity (Wildman–Crippen MR) is 126 cm³/mol. The monoisotopic (exact) mass is 444 g/mol. The van der Waals surface area contributed by atoms with Gasteiger partial charge in [-0.2, -0.15) is 0 Å². The third-order valence-corrected chi connectivity index (χ3v) is 6.04. The number of nitrogens with zero attached hydrogens (tertiary/aromatic N) is 1. The van der Waals surface area contributed by atoms with Crippen LogP contribution < -0.4 is 10.9 Å². The lowest BCUT2D eigenvalue weighted by molar-refractivity contribution is -0.136. The van der Waals surface area contributed by atoms with Crippen molar-refractivity contribution in [1.82, 2.24) is 20.2 Å². The quantitative estimate of drug-likeness (QED) is 0.365. The number of hydrogen-bond donors (Lipinski definition) is 4. The van der Waals surface area contributed by atoms with Gasteiger partial charge in [0, 0.05) is 41.6 Å². The van der Waals surface area contributed by atoms with Gasteiger partial charge in [0.25, 0.3) is 11.5 Å². The molecule has 1 unspecified atom stereocenters. The summed E-state index contributed by atoms with van der Waals surface area (Å²) in [5, 5.41) is 14.5. The van der Waals surface area contributed by atoms with Gasteiger partial charge in [0.15, 0.2) is 0 Å². The van der Waals surface area contributed by atoms with Crippen molar-refractivity contribution >= 4 is 33.6 Å². The van der Waals surface area contributed by atoms with E-state index >= 15 is 0 Å². The number of carbonyl (C=O) groups is 2. The number of pyridine rings is 1. The van der Waals surface area contributed by atoms with E-state index in [4.69, 9.17) is 0 Å². The van der Waals surface area contributed by atoms with Crippen LogP contribution in [0.25, 0.3) is 33.1 Å². The van der Waals surface area contributed by atoms with E-state index in [-0.39, 0.29) is 30.3 Å². The van der Waals surface area contributed by atoms with Crippen LogP contribution >= 0.6 is 0 Å². The van der Waals surface area contributed by atoms with Crippen molar-refractivity contribution in [1.29, 1.82) is 0 Å². The van der Waals surface area contributed by atoms with Gasteiger partial charge >= 0.3 is 0 Å². The van der Waals surface area contributed by atoms with Gasteiger partial charge in [-0.15, -0.1) is 0 Å². The molecule has 3 heterocycles. The van der Waals surface area contributed by atoms with Crippen molar-refractivity contribution in [3.05, 3.63) is 70.5 Å². The molecule has 4 N–H and O–H groups in total. The van der Waals surface area contributed by atoms with Crippen molar-refractivity contribution in [2.75, 3.05) is 19.6 Å². The molecule has 8 heteroatoms. The Kier molecular flexibility index (Phi) is 5.43. The number of aliphatic hydroxyl groups excluding tert-OH is 1. The van der Waals surface area contributed by atoms with Crippen LogP contribution in [0.1, 0.15) is 23.2 Å². The van der Waals surface area contributed by atoms with Gasteiger partial charge in [-0.3, -0.25) is 14.4 Å². The number of para-hydroxylation sites is 1. The van der Waals surface area contributed by atoms with Crippen LogP contribution in [0.5, 0.6) is 0 Å². The largest absolute Gasteiger partial charge is 0.391 e. The average molecular weight is 444 g/mol. The molecule has 4 aromatic rings. The molecule has 0 saturated carbocycles. The van der Waals surface area contributed by atoms with Gasteiger partial charge in [0.05, 0.1) is 23.8 Å². The number of nitrogens with one attached hydrogen (secondary N) is 3. The molecular weight excluding hydrogens is 420 g/mol. The number of fused-ring (bicyclic) bond motifs is 2. The van der Waals surface area contributed by atoms with Crippen molar-refractivity contribution in [3.8, 4) is 11.3 Å². The summed E-state index contributed by atoms with van der Waals surface area (Å²) < 4.78 is 0. The SMILES string of the molecule is O=C(NCC(O)CC(=O)N1CCC1)c1ccc2[nH]c(-c3cc4ccccc4[nH]c3=O)cc2c1. The minimum absolute atomic E-state index is 0.000784. The normalized spacial score (nSPS) is 14.3. The molecule has 0 bridgehead atoms. The van der Waals surface area contributed by atoms with E-state index in [0.717, 1.165) is 41.3 Å². The van der Waals surface area contributed by atoms with E-state index in [1.807, 2.05) is 36.4 Å². The van der Waals surface area contributed by atoms with Crippen molar-refractivity contribution < 1.29 is 14.7 Å². The van der Waals surface area contributed by atoms with Crippen molar-refractivity contribution in [3.63, 3.8) is 0 Å². The van der Waals surface area contributed by atoms with Gasteiger partial charge in [0.1, 0.15) is 0 Å². The fourth-order valence-corrected chi connectivity index (χ4v) is 4.05. The number of carbonyl (C=O) groups excluding carboxylic acids is 2. The molecule has 1 atom stereocenters. The Labute approximate surface area is 189 Å². The summed E-state index contributed by atoms with van der Waals surface area (Å²) in [4.78, 5) is 44.9. The predicted octanol–water partition coefficient (Wildman–Crippen LogP) is 2.39. The number of benzene rings is 2. The van der Waals surface area contributed by atoms with Crippen molar-refractivity contribution in [2.45, 2.75) is 18.9 Å². The number of rotatable bonds is 6. The van der Waals surface area contributed by atoms with Crippen molar-refractivity contribution in [2.24, 2.45) is 0 Å². The molecular formula is C25H24N4O4. The molecule has 0 aliphatic carbocycles. The van der Waals surface area contributed by atoms with Crippen LogP contribution in [-0.4, -0.2) is 57.5 Å². The first-order chi connectivity index (χ1) is 16.0. The van der Waals surface area contributed by atoms with Gasteiger partial charge in [-0.1, -0.05) is 18.2 Å². The highest BCUT2D eigenvalue weighted by Gasteiger charge is 2.22. The molecule has 2 aromatic heterocycles. The summed E-state index contributed by atoms with van der Waals surface area (Å²) in [6.45, 7) is 1.48. The second kappa shape index (κ2) is 8.55. The third kappa shape index (κ3) is 4.25. The fourth-order valence-electron chi connectivity index (χ4n) is 4.05. The topological polar surface area (TPSA) is 118 Å². The standard InChI is InChI=1S/C25H24N4O4/c30-18(13-23(31)29-8-3-9-29)14-26-24(32)16-6-7-21-17(10-16)12-22(27-21)19-11-15-4-1-2-5-20(15)28-25(19)33/h1-2,4-7,10-12,18,27,30H,3,8-9,13-14H2,(H,26,32)(H,28,33).